The van der Waals surface area contributed by atoms with Crippen molar-refractivity contribution in [2.45, 2.75) is 50.2 Å². The van der Waals surface area contributed by atoms with Gasteiger partial charge in [0.05, 0.1) is 0 Å². The molecule has 2 heterocycles. The quantitative estimate of drug-likeness (QED) is 0.741. The lowest BCUT2D eigenvalue weighted by atomic mass is 9.34. The molecule has 0 saturated carbocycles. The summed E-state index contributed by atoms with van der Waals surface area (Å²) < 4.78 is 0. The molecule has 0 aliphatic carbocycles. The number of rotatable bonds is 3. The van der Waals surface area contributed by atoms with Crippen LogP contribution in [-0.2, 0) is 0 Å². The molecule has 0 aromatic heterocycles. The van der Waals surface area contributed by atoms with Crippen LogP contribution in [0.4, 0.5) is 11.4 Å². The van der Waals surface area contributed by atoms with Gasteiger partial charge in [-0.25, -0.2) is 0 Å². The first-order valence-electron chi connectivity index (χ1n) is 8.83. The van der Waals surface area contributed by atoms with E-state index in [0.29, 0.717) is 6.85 Å². The Kier molecular flexibility index (Phi) is 3.73. The number of fused-ring (bicyclic) bond motifs is 3. The zero-order valence-corrected chi connectivity index (χ0v) is 13.4. The Bertz CT molecular complexity index is 642. The van der Waals surface area contributed by atoms with Crippen LogP contribution < -0.4 is 10.5 Å². The Hall–Kier alpha value is -1.64. The third-order valence-electron chi connectivity index (χ3n) is 5.81. The first-order chi connectivity index (χ1) is 10.9. The van der Waals surface area contributed by atoms with Gasteiger partial charge in [0.25, 0.3) is 6.85 Å². The fraction of sp³-hybridized carbons (Fsp3) is 0.474. The van der Waals surface area contributed by atoms with E-state index in [4.69, 9.17) is 0 Å². The van der Waals surface area contributed by atoms with E-state index in [1.807, 2.05) is 7.05 Å². The van der Waals surface area contributed by atoms with E-state index in [0.717, 1.165) is 11.6 Å². The topological polar surface area (TPSA) is 24.1 Å². The minimum atomic E-state index is 0.679. The van der Waals surface area contributed by atoms with Crippen molar-refractivity contribution in [3.63, 3.8) is 0 Å². The summed E-state index contributed by atoms with van der Waals surface area (Å²) in [7, 11) is 2.01. The highest BCUT2D eigenvalue weighted by Crippen LogP contribution is 2.47. The summed E-state index contributed by atoms with van der Waals surface area (Å²) in [5, 5.41) is 9.98. The van der Waals surface area contributed by atoms with Crippen molar-refractivity contribution in [3.8, 4) is 0 Å². The maximum atomic E-state index is 3.96. The Labute approximate surface area is 133 Å². The largest absolute Gasteiger partial charge is 0.427 e. The first kappa shape index (κ1) is 14.0. The highest BCUT2D eigenvalue weighted by molar-refractivity contribution is 6.66. The van der Waals surface area contributed by atoms with Crippen LogP contribution in [0.3, 0.4) is 0 Å². The van der Waals surface area contributed by atoms with Crippen molar-refractivity contribution < 1.29 is 0 Å². The summed E-state index contributed by atoms with van der Waals surface area (Å²) in [6.45, 7) is 0.679. The molecule has 2 N–H and O–H groups in total. The van der Waals surface area contributed by atoms with Crippen molar-refractivity contribution in [1.29, 1.82) is 0 Å². The van der Waals surface area contributed by atoms with Crippen LogP contribution in [0.2, 0.25) is 11.6 Å². The van der Waals surface area contributed by atoms with Crippen LogP contribution in [0.15, 0.2) is 36.4 Å². The maximum Gasteiger partial charge on any atom is 0.258 e. The van der Waals surface area contributed by atoms with E-state index in [2.05, 4.69) is 46.9 Å². The molecule has 22 heavy (non-hydrogen) atoms. The monoisotopic (exact) mass is 292 g/mol. The molecule has 0 amide bonds. The van der Waals surface area contributed by atoms with Gasteiger partial charge < -0.3 is 10.5 Å². The molecular formula is C19H25BN2. The Morgan fingerprint density at radius 2 is 1.45 bits per heavy atom. The van der Waals surface area contributed by atoms with Crippen molar-refractivity contribution in [3.05, 3.63) is 36.4 Å². The molecule has 0 spiro atoms. The lowest BCUT2D eigenvalue weighted by Crippen LogP contribution is -2.41. The van der Waals surface area contributed by atoms with E-state index >= 15 is 0 Å². The van der Waals surface area contributed by atoms with Crippen LogP contribution in [-0.4, -0.2) is 13.9 Å². The van der Waals surface area contributed by atoms with Crippen LogP contribution in [0, 0.1) is 0 Å². The molecule has 0 radical (unpaired) electrons. The summed E-state index contributed by atoms with van der Waals surface area (Å²) in [6, 6.07) is 13.2. The number of hydrogen-bond donors (Lipinski definition) is 2. The minimum Gasteiger partial charge on any atom is -0.427 e. The molecule has 2 saturated heterocycles. The molecule has 2 nitrogen and oxygen atoms in total. The summed E-state index contributed by atoms with van der Waals surface area (Å²) in [6.07, 6.45) is 8.53. The number of nitrogens with one attached hydrogen (secondary N) is 2. The lowest BCUT2D eigenvalue weighted by Gasteiger charge is -2.40. The summed E-state index contributed by atoms with van der Waals surface area (Å²) in [5.41, 5.74) is 2.54. The van der Waals surface area contributed by atoms with Gasteiger partial charge in [-0.15, -0.1) is 0 Å². The van der Waals surface area contributed by atoms with Gasteiger partial charge in [-0.2, -0.15) is 0 Å². The zero-order chi connectivity index (χ0) is 14.9. The lowest BCUT2D eigenvalue weighted by molar-refractivity contribution is 0.445. The van der Waals surface area contributed by atoms with Crippen molar-refractivity contribution in [1.82, 2.24) is 0 Å². The molecule has 2 aromatic rings. The highest BCUT2D eigenvalue weighted by Gasteiger charge is 2.40. The summed E-state index contributed by atoms with van der Waals surface area (Å²) in [4.78, 5) is 0. The maximum absolute atomic E-state index is 3.96. The second-order valence-corrected chi connectivity index (χ2v) is 7.01. The van der Waals surface area contributed by atoms with E-state index in [1.165, 1.54) is 60.7 Å². The first-order valence-corrected chi connectivity index (χ1v) is 8.83. The minimum absolute atomic E-state index is 0.679. The highest BCUT2D eigenvalue weighted by atomic mass is 14.9. The van der Waals surface area contributed by atoms with E-state index in [-0.39, 0.29) is 0 Å². The van der Waals surface area contributed by atoms with Crippen LogP contribution >= 0.6 is 0 Å². The summed E-state index contributed by atoms with van der Waals surface area (Å²) >= 11 is 0. The normalized spacial score (nSPS) is 24.3. The predicted octanol–water partition coefficient (Wildman–Crippen LogP) is 5.39. The smallest absolute Gasteiger partial charge is 0.258 e. The second kappa shape index (κ2) is 5.87. The fourth-order valence-corrected chi connectivity index (χ4v) is 4.76. The average Bonchev–Trinajstić information content (AvgIpc) is 2.54. The molecule has 4 rings (SSSR count). The molecule has 0 atom stereocenters. The Balaban J connectivity index is 1.72. The van der Waals surface area contributed by atoms with Crippen LogP contribution in [0.1, 0.15) is 38.5 Å². The number of anilines is 2. The van der Waals surface area contributed by atoms with Crippen molar-refractivity contribution in [2.24, 2.45) is 0 Å². The van der Waals surface area contributed by atoms with E-state index in [9.17, 15) is 0 Å². The van der Waals surface area contributed by atoms with Crippen molar-refractivity contribution >= 4 is 29.0 Å². The van der Waals surface area contributed by atoms with Gasteiger partial charge in [0.15, 0.2) is 0 Å². The van der Waals surface area contributed by atoms with Crippen LogP contribution in [0.25, 0.3) is 10.8 Å². The van der Waals surface area contributed by atoms with E-state index < -0.39 is 0 Å². The second-order valence-electron chi connectivity index (χ2n) is 7.01. The molecule has 0 unspecified atom stereocenters. The average molecular weight is 292 g/mol. The van der Waals surface area contributed by atoms with Gasteiger partial charge >= 0.3 is 0 Å². The third-order valence-corrected chi connectivity index (χ3v) is 5.81. The van der Waals surface area contributed by atoms with Gasteiger partial charge in [0.1, 0.15) is 0 Å². The Morgan fingerprint density at radius 3 is 2.05 bits per heavy atom. The number of benzene rings is 2. The van der Waals surface area contributed by atoms with E-state index in [1.54, 1.807) is 0 Å². The fourth-order valence-electron chi connectivity index (χ4n) is 4.76. The Morgan fingerprint density at radius 1 is 0.864 bits per heavy atom. The van der Waals surface area contributed by atoms with Gasteiger partial charge in [0.2, 0.25) is 0 Å². The zero-order valence-electron chi connectivity index (χ0n) is 13.4. The van der Waals surface area contributed by atoms with Gasteiger partial charge in [-0.1, -0.05) is 62.8 Å². The molecular weight excluding hydrogens is 267 g/mol. The summed E-state index contributed by atoms with van der Waals surface area (Å²) in [5.74, 6) is 1.76. The molecule has 2 aromatic carbocycles. The van der Waals surface area contributed by atoms with Gasteiger partial charge in [0, 0.05) is 23.8 Å². The molecule has 2 bridgehead atoms. The van der Waals surface area contributed by atoms with Gasteiger partial charge in [-0.3, -0.25) is 0 Å². The standard InChI is InChI=1S/C19H25BN2/c1-21-17-12-2-6-14-7-3-13-18(19(14)17)22-20-15-8-4-9-16(20)11-5-10-15/h2-3,6-7,12-13,15-16,21-22H,4-5,8-11H2,1H3. The molecule has 2 aliphatic rings. The molecule has 2 fully saturated rings. The predicted molar refractivity (Wildman–Crippen MR) is 98.1 cm³/mol. The van der Waals surface area contributed by atoms with Crippen molar-refractivity contribution in [2.75, 3.05) is 17.6 Å². The SMILES string of the molecule is CNc1cccc2cccc(NB3C4CCCC3CCC4)c12. The number of hydrogen-bond acceptors (Lipinski definition) is 2. The third kappa shape index (κ3) is 2.37. The molecule has 2 aliphatic heterocycles. The molecule has 3 heteroatoms. The van der Waals surface area contributed by atoms with Crippen LogP contribution in [0.5, 0.6) is 0 Å². The van der Waals surface area contributed by atoms with Gasteiger partial charge in [-0.05, 0) is 29.2 Å². The molecule has 114 valence electrons.